The topological polar surface area (TPSA) is 56.9 Å². The van der Waals surface area contributed by atoms with Crippen LogP contribution in [0.5, 0.6) is 0 Å². The molecular formula is C15H16N4O. The van der Waals surface area contributed by atoms with Gasteiger partial charge in [0, 0.05) is 31.0 Å². The Hall–Kier alpha value is -2.27. The van der Waals surface area contributed by atoms with Gasteiger partial charge in [-0.15, -0.1) is 0 Å². The fourth-order valence-electron chi connectivity index (χ4n) is 2.77. The summed E-state index contributed by atoms with van der Waals surface area (Å²) in [6.07, 6.45) is 5.86. The largest absolute Gasteiger partial charge is 0.370 e. The molecule has 5 heteroatoms. The average Bonchev–Trinajstić information content (AvgIpc) is 3.18. The van der Waals surface area contributed by atoms with Gasteiger partial charge in [0.25, 0.3) is 0 Å². The number of nitrogens with zero attached hydrogens (tertiary/aromatic N) is 2. The molecule has 0 spiro atoms. The van der Waals surface area contributed by atoms with Crippen LogP contribution < -0.4 is 4.90 Å². The van der Waals surface area contributed by atoms with Gasteiger partial charge in [-0.3, -0.25) is 5.10 Å². The first-order valence-corrected chi connectivity index (χ1v) is 6.82. The van der Waals surface area contributed by atoms with Crippen LogP contribution in [-0.2, 0) is 4.74 Å². The summed E-state index contributed by atoms with van der Waals surface area (Å²) >= 11 is 0. The number of hydrogen-bond donors (Lipinski definition) is 2. The predicted octanol–water partition coefficient (Wildman–Crippen LogP) is 2.47. The quantitative estimate of drug-likeness (QED) is 0.750. The molecular weight excluding hydrogens is 252 g/mol. The molecule has 1 aliphatic heterocycles. The molecule has 102 valence electrons. The van der Waals surface area contributed by atoms with Gasteiger partial charge in [0.05, 0.1) is 18.5 Å². The number of nitrogens with one attached hydrogen (secondary N) is 2. The van der Waals surface area contributed by atoms with E-state index < -0.39 is 0 Å². The molecule has 0 aliphatic carbocycles. The molecule has 1 aromatic carbocycles. The van der Waals surface area contributed by atoms with E-state index in [1.807, 2.05) is 18.6 Å². The number of rotatable bonds is 2. The number of H-pyrrole nitrogens is 2. The third kappa shape index (κ3) is 1.96. The molecule has 0 radical (unpaired) electrons. The fourth-order valence-corrected chi connectivity index (χ4v) is 2.77. The van der Waals surface area contributed by atoms with Gasteiger partial charge in [-0.25, -0.2) is 0 Å². The van der Waals surface area contributed by atoms with Crippen LogP contribution in [-0.4, -0.2) is 34.9 Å². The number of aromatic nitrogens is 3. The standard InChI is InChI=1S/C15H16N4O/c1-2-14-11(3-4-16-14)7-12(1)15-10-19(5-6-20-15)13-8-17-18-9-13/h1-4,7-9,15-16H,5-6,10H2,(H,17,18). The highest BCUT2D eigenvalue weighted by atomic mass is 16.5. The second kappa shape index (κ2) is 4.68. The van der Waals surface area contributed by atoms with E-state index in [0.717, 1.165) is 30.9 Å². The zero-order valence-electron chi connectivity index (χ0n) is 11.0. The Balaban J connectivity index is 1.61. The van der Waals surface area contributed by atoms with Gasteiger partial charge in [-0.2, -0.15) is 5.10 Å². The number of morpholine rings is 1. The Bertz CT molecular complexity index is 704. The van der Waals surface area contributed by atoms with Crippen molar-refractivity contribution in [3.63, 3.8) is 0 Å². The van der Waals surface area contributed by atoms with Crippen molar-refractivity contribution in [3.05, 3.63) is 48.4 Å². The lowest BCUT2D eigenvalue weighted by molar-refractivity contribution is 0.0399. The first kappa shape index (κ1) is 11.5. The molecule has 2 aromatic heterocycles. The Labute approximate surface area is 116 Å². The highest BCUT2D eigenvalue weighted by Gasteiger charge is 2.22. The molecule has 1 saturated heterocycles. The number of ether oxygens (including phenoxy) is 1. The molecule has 0 amide bonds. The van der Waals surface area contributed by atoms with Gasteiger partial charge in [-0.1, -0.05) is 6.07 Å². The van der Waals surface area contributed by atoms with Crippen molar-refractivity contribution in [3.8, 4) is 0 Å². The van der Waals surface area contributed by atoms with Crippen molar-refractivity contribution in [2.24, 2.45) is 0 Å². The third-order valence-electron chi connectivity index (χ3n) is 3.86. The van der Waals surface area contributed by atoms with E-state index in [-0.39, 0.29) is 6.10 Å². The fraction of sp³-hybridized carbons (Fsp3) is 0.267. The second-order valence-corrected chi connectivity index (χ2v) is 5.09. The highest BCUT2D eigenvalue weighted by molar-refractivity contribution is 5.80. The van der Waals surface area contributed by atoms with Gasteiger partial charge in [0.2, 0.25) is 0 Å². The summed E-state index contributed by atoms with van der Waals surface area (Å²) in [6, 6.07) is 8.55. The molecule has 5 nitrogen and oxygen atoms in total. The molecule has 0 bridgehead atoms. The lowest BCUT2D eigenvalue weighted by Gasteiger charge is -2.33. The van der Waals surface area contributed by atoms with Crippen molar-refractivity contribution >= 4 is 16.6 Å². The highest BCUT2D eigenvalue weighted by Crippen LogP contribution is 2.27. The molecule has 20 heavy (non-hydrogen) atoms. The van der Waals surface area contributed by atoms with Crippen molar-refractivity contribution in [2.45, 2.75) is 6.10 Å². The van der Waals surface area contributed by atoms with Crippen molar-refractivity contribution in [1.82, 2.24) is 15.2 Å². The van der Waals surface area contributed by atoms with Crippen molar-refractivity contribution < 1.29 is 4.74 Å². The van der Waals surface area contributed by atoms with E-state index in [2.05, 4.69) is 44.3 Å². The zero-order chi connectivity index (χ0) is 13.4. The number of aromatic amines is 2. The maximum absolute atomic E-state index is 5.94. The maximum atomic E-state index is 5.94. The van der Waals surface area contributed by atoms with Crippen LogP contribution >= 0.6 is 0 Å². The molecule has 1 unspecified atom stereocenters. The Kier molecular flexibility index (Phi) is 2.70. The van der Waals surface area contributed by atoms with Crippen LogP contribution in [0.15, 0.2) is 42.9 Å². The SMILES string of the molecule is c1cc2cc(C3CN(c4cn[nH]c4)CCO3)ccc2[nH]1. The summed E-state index contributed by atoms with van der Waals surface area (Å²) < 4.78 is 5.94. The molecule has 1 fully saturated rings. The van der Waals surface area contributed by atoms with E-state index in [1.54, 1.807) is 0 Å². The van der Waals surface area contributed by atoms with E-state index in [9.17, 15) is 0 Å². The Morgan fingerprint density at radius 2 is 2.30 bits per heavy atom. The molecule has 1 atom stereocenters. The predicted molar refractivity (Wildman–Crippen MR) is 77.8 cm³/mol. The Morgan fingerprint density at radius 3 is 3.20 bits per heavy atom. The number of benzene rings is 1. The van der Waals surface area contributed by atoms with Gasteiger partial charge < -0.3 is 14.6 Å². The number of fused-ring (bicyclic) bond motifs is 1. The van der Waals surface area contributed by atoms with E-state index in [1.165, 1.54) is 10.9 Å². The lowest BCUT2D eigenvalue weighted by atomic mass is 10.1. The monoisotopic (exact) mass is 268 g/mol. The Morgan fingerprint density at radius 1 is 1.30 bits per heavy atom. The molecule has 2 N–H and O–H groups in total. The van der Waals surface area contributed by atoms with Crippen LogP contribution in [0, 0.1) is 0 Å². The third-order valence-corrected chi connectivity index (χ3v) is 3.86. The van der Waals surface area contributed by atoms with Gasteiger partial charge >= 0.3 is 0 Å². The minimum atomic E-state index is 0.109. The van der Waals surface area contributed by atoms with E-state index in [4.69, 9.17) is 4.74 Å². The summed E-state index contributed by atoms with van der Waals surface area (Å²) in [6.45, 7) is 2.50. The van der Waals surface area contributed by atoms with Crippen LogP contribution in [0.1, 0.15) is 11.7 Å². The van der Waals surface area contributed by atoms with Gasteiger partial charge in [-0.05, 0) is 29.1 Å². The van der Waals surface area contributed by atoms with Crippen LogP contribution in [0.3, 0.4) is 0 Å². The van der Waals surface area contributed by atoms with Gasteiger partial charge in [0.1, 0.15) is 6.10 Å². The van der Waals surface area contributed by atoms with Crippen LogP contribution in [0.2, 0.25) is 0 Å². The molecule has 4 rings (SSSR count). The summed E-state index contributed by atoms with van der Waals surface area (Å²) in [5, 5.41) is 8.11. The lowest BCUT2D eigenvalue weighted by Crippen LogP contribution is -2.38. The first-order valence-electron chi connectivity index (χ1n) is 6.82. The number of hydrogen-bond acceptors (Lipinski definition) is 3. The molecule has 3 heterocycles. The number of anilines is 1. The average molecular weight is 268 g/mol. The maximum Gasteiger partial charge on any atom is 0.100 e. The molecule has 1 aliphatic rings. The summed E-state index contributed by atoms with van der Waals surface area (Å²) in [4.78, 5) is 5.52. The second-order valence-electron chi connectivity index (χ2n) is 5.09. The summed E-state index contributed by atoms with van der Waals surface area (Å²) in [7, 11) is 0. The molecule has 0 saturated carbocycles. The summed E-state index contributed by atoms with van der Waals surface area (Å²) in [5.74, 6) is 0. The van der Waals surface area contributed by atoms with E-state index in [0.29, 0.717) is 0 Å². The minimum absolute atomic E-state index is 0.109. The first-order chi connectivity index (χ1) is 9.90. The van der Waals surface area contributed by atoms with E-state index >= 15 is 0 Å². The van der Waals surface area contributed by atoms with Gasteiger partial charge in [0.15, 0.2) is 0 Å². The summed E-state index contributed by atoms with van der Waals surface area (Å²) in [5.41, 5.74) is 3.52. The minimum Gasteiger partial charge on any atom is -0.370 e. The van der Waals surface area contributed by atoms with Crippen molar-refractivity contribution in [2.75, 3.05) is 24.6 Å². The zero-order valence-corrected chi connectivity index (χ0v) is 11.0. The van der Waals surface area contributed by atoms with Crippen LogP contribution in [0.4, 0.5) is 5.69 Å². The smallest absolute Gasteiger partial charge is 0.100 e. The van der Waals surface area contributed by atoms with Crippen LogP contribution in [0.25, 0.3) is 10.9 Å². The normalized spacial score (nSPS) is 19.6. The van der Waals surface area contributed by atoms with Crippen molar-refractivity contribution in [1.29, 1.82) is 0 Å². The molecule has 3 aromatic rings.